The molecule has 0 aliphatic carbocycles. The molecule has 0 spiro atoms. The van der Waals surface area contributed by atoms with Gasteiger partial charge in [0.25, 0.3) is 0 Å². The highest BCUT2D eigenvalue weighted by Gasteiger charge is 2.18. The number of nitrogens with zero attached hydrogens (tertiary/aromatic N) is 3. The van der Waals surface area contributed by atoms with Crippen LogP contribution in [0.3, 0.4) is 0 Å². The average molecular weight is 377 g/mol. The molecule has 0 fully saturated rings. The summed E-state index contributed by atoms with van der Waals surface area (Å²) >= 11 is 25.8. The van der Waals surface area contributed by atoms with E-state index in [4.69, 9.17) is 46.4 Å². The van der Waals surface area contributed by atoms with E-state index in [1.54, 1.807) is 12.1 Å². The summed E-state index contributed by atoms with van der Waals surface area (Å²) in [5.41, 5.74) is 1.17. The van der Waals surface area contributed by atoms with Crippen LogP contribution in [0.25, 0.3) is 22.0 Å². The van der Waals surface area contributed by atoms with E-state index in [2.05, 4.69) is 15.0 Å². The molecule has 0 bridgehead atoms. The van der Waals surface area contributed by atoms with Gasteiger partial charge in [-0.2, -0.15) is 0 Å². The van der Waals surface area contributed by atoms with Crippen molar-refractivity contribution in [3.63, 3.8) is 0 Å². The maximum absolute atomic E-state index is 6.25. The van der Waals surface area contributed by atoms with Crippen molar-refractivity contribution in [2.24, 2.45) is 0 Å². The quantitative estimate of drug-likeness (QED) is 0.524. The zero-order valence-electron chi connectivity index (χ0n) is 10.1. The van der Waals surface area contributed by atoms with E-state index in [0.29, 0.717) is 31.3 Å². The summed E-state index contributed by atoms with van der Waals surface area (Å²) in [6.07, 6.45) is 1.52. The maximum Gasteiger partial charge on any atom is 0.191 e. The SMILES string of the molecule is Clc1cnc(-c2nc(Cl)c(-c3ccccc3Cl)c(Cl)n2)s1. The fourth-order valence-electron chi connectivity index (χ4n) is 1.75. The third-order valence-electron chi connectivity index (χ3n) is 2.63. The zero-order chi connectivity index (χ0) is 15.0. The normalized spacial score (nSPS) is 10.9. The van der Waals surface area contributed by atoms with Gasteiger partial charge in [0.2, 0.25) is 0 Å². The summed E-state index contributed by atoms with van der Waals surface area (Å²) in [4.78, 5) is 12.6. The van der Waals surface area contributed by atoms with Crippen LogP contribution in [0.4, 0.5) is 0 Å². The molecule has 8 heteroatoms. The van der Waals surface area contributed by atoms with Crippen molar-refractivity contribution in [1.29, 1.82) is 0 Å². The van der Waals surface area contributed by atoms with Crippen LogP contribution in [0.1, 0.15) is 0 Å². The van der Waals surface area contributed by atoms with E-state index >= 15 is 0 Å². The molecule has 0 aliphatic heterocycles. The van der Waals surface area contributed by atoms with Crippen molar-refractivity contribution in [2.45, 2.75) is 0 Å². The van der Waals surface area contributed by atoms with E-state index in [0.717, 1.165) is 0 Å². The number of hydrogen-bond acceptors (Lipinski definition) is 4. The summed E-state index contributed by atoms with van der Waals surface area (Å²) in [5.74, 6) is 0.331. The van der Waals surface area contributed by atoms with Gasteiger partial charge < -0.3 is 0 Å². The molecule has 0 saturated carbocycles. The lowest BCUT2D eigenvalue weighted by Gasteiger charge is -2.08. The highest BCUT2D eigenvalue weighted by molar-refractivity contribution is 7.18. The van der Waals surface area contributed by atoms with Crippen LogP contribution in [0.15, 0.2) is 30.5 Å². The third kappa shape index (κ3) is 3.00. The first kappa shape index (κ1) is 15.0. The lowest BCUT2D eigenvalue weighted by atomic mass is 10.1. The van der Waals surface area contributed by atoms with Crippen LogP contribution in [-0.4, -0.2) is 15.0 Å². The van der Waals surface area contributed by atoms with Crippen molar-refractivity contribution in [2.75, 3.05) is 0 Å². The van der Waals surface area contributed by atoms with Crippen LogP contribution < -0.4 is 0 Å². The third-order valence-corrected chi connectivity index (χ3v) is 4.62. The van der Waals surface area contributed by atoms with Gasteiger partial charge in [-0.1, -0.05) is 75.9 Å². The Morgan fingerprint density at radius 3 is 2.14 bits per heavy atom. The molecular weight excluding hydrogens is 372 g/mol. The predicted octanol–water partition coefficient (Wildman–Crippen LogP) is 5.88. The van der Waals surface area contributed by atoms with E-state index in [1.807, 2.05) is 12.1 Å². The lowest BCUT2D eigenvalue weighted by Crippen LogP contribution is -1.94. The molecule has 2 aromatic heterocycles. The van der Waals surface area contributed by atoms with E-state index in [1.165, 1.54) is 17.5 Å². The molecule has 0 amide bonds. The molecule has 1 aromatic carbocycles. The average Bonchev–Trinajstić information content (AvgIpc) is 2.87. The fraction of sp³-hybridized carbons (Fsp3) is 0. The monoisotopic (exact) mass is 375 g/mol. The number of aromatic nitrogens is 3. The smallest absolute Gasteiger partial charge is 0.191 e. The van der Waals surface area contributed by atoms with Gasteiger partial charge in [0.1, 0.15) is 14.6 Å². The van der Waals surface area contributed by atoms with Crippen LogP contribution >= 0.6 is 57.7 Å². The van der Waals surface area contributed by atoms with Gasteiger partial charge in [-0.3, -0.25) is 0 Å². The zero-order valence-corrected chi connectivity index (χ0v) is 14.0. The summed E-state index contributed by atoms with van der Waals surface area (Å²) in [6, 6.07) is 7.21. The molecule has 0 N–H and O–H groups in total. The molecule has 3 aromatic rings. The first-order valence-corrected chi connectivity index (χ1v) is 7.98. The first-order valence-electron chi connectivity index (χ1n) is 5.66. The topological polar surface area (TPSA) is 38.7 Å². The van der Waals surface area contributed by atoms with Gasteiger partial charge in [0.05, 0.1) is 11.8 Å². The Morgan fingerprint density at radius 1 is 0.905 bits per heavy atom. The summed E-state index contributed by atoms with van der Waals surface area (Å²) < 4.78 is 0.538. The lowest BCUT2D eigenvalue weighted by molar-refractivity contribution is 1.16. The molecule has 3 nitrogen and oxygen atoms in total. The van der Waals surface area contributed by atoms with Crippen molar-refractivity contribution in [3.05, 3.63) is 50.1 Å². The highest BCUT2D eigenvalue weighted by Crippen LogP contribution is 2.38. The summed E-state index contributed by atoms with van der Waals surface area (Å²) in [5, 5.41) is 1.50. The Hall–Kier alpha value is -0.910. The van der Waals surface area contributed by atoms with Gasteiger partial charge in [-0.05, 0) is 6.07 Å². The molecule has 0 radical (unpaired) electrons. The standard InChI is InChI=1S/C13H5Cl4N3S/c14-7-4-2-1-3-6(7)9-10(16)19-12(20-11(9)17)13-18-5-8(15)21-13/h1-5H. The van der Waals surface area contributed by atoms with E-state index < -0.39 is 0 Å². The predicted molar refractivity (Wildman–Crippen MR) is 88.6 cm³/mol. The number of rotatable bonds is 2. The minimum atomic E-state index is 0.212. The van der Waals surface area contributed by atoms with E-state index in [9.17, 15) is 0 Å². The van der Waals surface area contributed by atoms with Gasteiger partial charge in [0.15, 0.2) is 10.8 Å². The number of benzene rings is 1. The van der Waals surface area contributed by atoms with Crippen molar-refractivity contribution < 1.29 is 0 Å². The Bertz CT molecular complexity index is 796. The van der Waals surface area contributed by atoms with Gasteiger partial charge in [-0.25, -0.2) is 15.0 Å². The number of thiazole rings is 1. The van der Waals surface area contributed by atoms with Gasteiger partial charge in [-0.15, -0.1) is 0 Å². The fourth-order valence-corrected chi connectivity index (χ4v) is 3.41. The molecule has 106 valence electrons. The number of halogens is 4. The molecular formula is C13H5Cl4N3S. The second-order valence-electron chi connectivity index (χ2n) is 3.95. The van der Waals surface area contributed by atoms with Crippen molar-refractivity contribution >= 4 is 57.7 Å². The number of hydrogen-bond donors (Lipinski definition) is 0. The molecule has 0 atom stereocenters. The molecule has 21 heavy (non-hydrogen) atoms. The van der Waals surface area contributed by atoms with E-state index in [-0.39, 0.29) is 10.3 Å². The van der Waals surface area contributed by atoms with Crippen LogP contribution in [0.2, 0.25) is 19.7 Å². The van der Waals surface area contributed by atoms with Crippen LogP contribution in [-0.2, 0) is 0 Å². The largest absolute Gasteiger partial charge is 0.240 e. The molecule has 0 aliphatic rings. The molecule has 0 unspecified atom stereocenters. The minimum absolute atomic E-state index is 0.212. The summed E-state index contributed by atoms with van der Waals surface area (Å²) in [6.45, 7) is 0. The van der Waals surface area contributed by atoms with Gasteiger partial charge >= 0.3 is 0 Å². The first-order chi connectivity index (χ1) is 10.1. The van der Waals surface area contributed by atoms with Crippen LogP contribution in [0.5, 0.6) is 0 Å². The molecule has 2 heterocycles. The second-order valence-corrected chi connectivity index (χ2v) is 6.74. The Kier molecular flexibility index (Phi) is 4.33. The second kappa shape index (κ2) is 6.07. The Morgan fingerprint density at radius 2 is 1.57 bits per heavy atom. The van der Waals surface area contributed by atoms with Crippen LogP contribution in [0, 0.1) is 0 Å². The summed E-state index contributed by atoms with van der Waals surface area (Å²) in [7, 11) is 0. The van der Waals surface area contributed by atoms with Gasteiger partial charge in [0, 0.05) is 10.6 Å². The van der Waals surface area contributed by atoms with Crippen molar-refractivity contribution in [3.8, 4) is 22.0 Å². The van der Waals surface area contributed by atoms with Crippen molar-refractivity contribution in [1.82, 2.24) is 15.0 Å². The Balaban J connectivity index is 2.15. The highest BCUT2D eigenvalue weighted by atomic mass is 35.5. The minimum Gasteiger partial charge on any atom is -0.240 e. The molecule has 0 saturated heterocycles. The maximum atomic E-state index is 6.25. The Labute approximate surface area is 144 Å². The molecule has 3 rings (SSSR count).